The van der Waals surface area contributed by atoms with E-state index in [0.29, 0.717) is 18.1 Å². The van der Waals surface area contributed by atoms with Crippen LogP contribution in [0.2, 0.25) is 0 Å². The number of hydrogen-bond acceptors (Lipinski definition) is 3. The molecule has 3 aliphatic rings. The summed E-state index contributed by atoms with van der Waals surface area (Å²) in [6.07, 6.45) is 9.37. The molecule has 4 atom stereocenters. The molecule has 0 aromatic rings. The van der Waals surface area contributed by atoms with Gasteiger partial charge in [0, 0.05) is 5.92 Å². The average molecular weight is 365 g/mol. The normalized spacial score (nSPS) is 33.3. The van der Waals surface area contributed by atoms with Crippen LogP contribution >= 0.6 is 0 Å². The summed E-state index contributed by atoms with van der Waals surface area (Å²) in [6, 6.07) is 0. The molecular weight excluding hydrogens is 324 g/mol. The summed E-state index contributed by atoms with van der Waals surface area (Å²) in [7, 11) is 0. The largest absolute Gasteiger partial charge is 0.458 e. The van der Waals surface area contributed by atoms with Gasteiger partial charge in [-0.1, -0.05) is 41.5 Å². The Balaban J connectivity index is 1.84. The fourth-order valence-corrected chi connectivity index (χ4v) is 5.71. The van der Waals surface area contributed by atoms with Gasteiger partial charge in [-0.2, -0.15) is 0 Å². The third-order valence-electron chi connectivity index (χ3n) is 7.52. The van der Waals surface area contributed by atoms with E-state index in [1.54, 1.807) is 0 Å². The molecular formula is C23H40O3. The third kappa shape index (κ3) is 3.57. The average Bonchev–Trinajstić information content (AvgIpc) is 3.20. The topological polar surface area (TPSA) is 35.5 Å². The SMILES string of the molecule is CC(C)(C)CC(C)(C(=O)OC1(C2CC3CCC2O3)CCCC1)C(C)(C)C. The van der Waals surface area contributed by atoms with E-state index in [1.165, 1.54) is 19.3 Å². The molecule has 3 nitrogen and oxygen atoms in total. The van der Waals surface area contributed by atoms with Crippen molar-refractivity contribution in [1.29, 1.82) is 0 Å². The molecule has 150 valence electrons. The first-order chi connectivity index (χ1) is 11.9. The Labute approximate surface area is 160 Å². The van der Waals surface area contributed by atoms with Crippen LogP contribution < -0.4 is 0 Å². The zero-order valence-electron chi connectivity index (χ0n) is 18.1. The highest BCUT2D eigenvalue weighted by molar-refractivity contribution is 5.78. The molecule has 1 aliphatic carbocycles. The van der Waals surface area contributed by atoms with Gasteiger partial charge in [0.05, 0.1) is 17.6 Å². The predicted octanol–water partition coefficient (Wildman–Crippen LogP) is 5.90. The molecule has 0 amide bonds. The Morgan fingerprint density at radius 1 is 1.04 bits per heavy atom. The summed E-state index contributed by atoms with van der Waals surface area (Å²) < 4.78 is 12.7. The molecule has 0 aromatic carbocycles. The molecule has 0 N–H and O–H groups in total. The lowest BCUT2D eigenvalue weighted by atomic mass is 9.61. The summed E-state index contributed by atoms with van der Waals surface area (Å²) in [5.41, 5.74) is -0.817. The minimum atomic E-state index is -0.487. The molecule has 0 spiro atoms. The minimum absolute atomic E-state index is 0.0181. The first-order valence-corrected chi connectivity index (χ1v) is 10.8. The summed E-state index contributed by atoms with van der Waals surface area (Å²) in [5, 5.41) is 0. The van der Waals surface area contributed by atoms with Crippen LogP contribution in [0.15, 0.2) is 0 Å². The number of esters is 1. The second-order valence-electron chi connectivity index (χ2n) is 11.7. The Hall–Kier alpha value is -0.570. The smallest absolute Gasteiger partial charge is 0.312 e. The fraction of sp³-hybridized carbons (Fsp3) is 0.957. The van der Waals surface area contributed by atoms with Gasteiger partial charge < -0.3 is 9.47 Å². The van der Waals surface area contributed by atoms with Crippen molar-refractivity contribution in [3.63, 3.8) is 0 Å². The van der Waals surface area contributed by atoms with Gasteiger partial charge in [0.2, 0.25) is 0 Å². The molecule has 4 unspecified atom stereocenters. The van der Waals surface area contributed by atoms with E-state index in [9.17, 15) is 4.79 Å². The lowest BCUT2D eigenvalue weighted by Crippen LogP contribution is -2.51. The monoisotopic (exact) mass is 364 g/mol. The standard InChI is InChI=1S/C23H40O3/c1-20(2,3)15-22(7,21(4,5)6)19(24)26-23(12-8-9-13-23)17-14-16-10-11-18(17)25-16/h16-18H,8-15H2,1-7H3. The van der Waals surface area contributed by atoms with Crippen molar-refractivity contribution < 1.29 is 14.3 Å². The Morgan fingerprint density at radius 3 is 2.08 bits per heavy atom. The number of carbonyl (C=O) groups excluding carboxylic acids is 1. The Morgan fingerprint density at radius 2 is 1.65 bits per heavy atom. The number of hydrogen-bond donors (Lipinski definition) is 0. The van der Waals surface area contributed by atoms with Gasteiger partial charge in [0.1, 0.15) is 5.60 Å². The van der Waals surface area contributed by atoms with E-state index in [-0.39, 0.29) is 22.4 Å². The molecule has 3 heteroatoms. The highest BCUT2D eigenvalue weighted by Gasteiger charge is 2.57. The molecule has 2 saturated heterocycles. The van der Waals surface area contributed by atoms with Crippen molar-refractivity contribution in [3.05, 3.63) is 0 Å². The highest BCUT2D eigenvalue weighted by atomic mass is 16.6. The van der Waals surface area contributed by atoms with Gasteiger partial charge in [-0.15, -0.1) is 0 Å². The lowest BCUT2D eigenvalue weighted by molar-refractivity contribution is -0.189. The maximum atomic E-state index is 13.7. The summed E-state index contributed by atoms with van der Waals surface area (Å²) in [4.78, 5) is 13.7. The van der Waals surface area contributed by atoms with Crippen LogP contribution in [0, 0.1) is 22.2 Å². The van der Waals surface area contributed by atoms with Crippen molar-refractivity contribution >= 4 is 5.97 Å². The zero-order valence-corrected chi connectivity index (χ0v) is 18.1. The first kappa shape index (κ1) is 20.2. The van der Waals surface area contributed by atoms with Crippen molar-refractivity contribution in [2.75, 3.05) is 0 Å². The van der Waals surface area contributed by atoms with Crippen molar-refractivity contribution in [2.45, 2.75) is 118 Å². The van der Waals surface area contributed by atoms with Crippen molar-refractivity contribution in [1.82, 2.24) is 0 Å². The summed E-state index contributed by atoms with van der Waals surface area (Å²) in [5.74, 6) is 0.427. The third-order valence-corrected chi connectivity index (χ3v) is 7.52. The second-order valence-corrected chi connectivity index (χ2v) is 11.7. The summed E-state index contributed by atoms with van der Waals surface area (Å²) in [6.45, 7) is 15.3. The van der Waals surface area contributed by atoms with Gasteiger partial charge in [-0.3, -0.25) is 4.79 Å². The first-order valence-electron chi connectivity index (χ1n) is 10.8. The molecule has 2 aliphatic heterocycles. The maximum absolute atomic E-state index is 13.7. The second kappa shape index (κ2) is 6.50. The van der Waals surface area contributed by atoms with Gasteiger partial charge in [0.25, 0.3) is 0 Å². The van der Waals surface area contributed by atoms with E-state index in [4.69, 9.17) is 9.47 Å². The van der Waals surface area contributed by atoms with Crippen LogP contribution in [0.3, 0.4) is 0 Å². The molecule has 3 rings (SSSR count). The molecule has 3 fully saturated rings. The van der Waals surface area contributed by atoms with Gasteiger partial charge in [0.15, 0.2) is 0 Å². The predicted molar refractivity (Wildman–Crippen MR) is 105 cm³/mol. The van der Waals surface area contributed by atoms with Gasteiger partial charge in [-0.25, -0.2) is 0 Å². The molecule has 0 radical (unpaired) electrons. The zero-order chi connectivity index (χ0) is 19.4. The number of carbonyl (C=O) groups is 1. The van der Waals surface area contributed by atoms with E-state index >= 15 is 0 Å². The number of fused-ring (bicyclic) bond motifs is 2. The van der Waals surface area contributed by atoms with Crippen LogP contribution in [0.1, 0.15) is 99.8 Å². The van der Waals surface area contributed by atoms with E-state index in [0.717, 1.165) is 32.1 Å². The molecule has 26 heavy (non-hydrogen) atoms. The van der Waals surface area contributed by atoms with Crippen molar-refractivity contribution in [3.8, 4) is 0 Å². The van der Waals surface area contributed by atoms with E-state index in [1.807, 2.05) is 0 Å². The molecule has 2 bridgehead atoms. The van der Waals surface area contributed by atoms with E-state index < -0.39 is 5.41 Å². The fourth-order valence-electron chi connectivity index (χ4n) is 5.71. The van der Waals surface area contributed by atoms with Crippen LogP contribution in [0.4, 0.5) is 0 Å². The number of rotatable bonds is 4. The molecule has 1 saturated carbocycles. The van der Waals surface area contributed by atoms with Crippen LogP contribution in [-0.2, 0) is 14.3 Å². The quantitative estimate of drug-likeness (QED) is 0.583. The van der Waals surface area contributed by atoms with Crippen LogP contribution in [0.25, 0.3) is 0 Å². The Kier molecular flexibility index (Phi) is 5.04. The van der Waals surface area contributed by atoms with Crippen LogP contribution in [0.5, 0.6) is 0 Å². The van der Waals surface area contributed by atoms with E-state index in [2.05, 4.69) is 48.5 Å². The lowest BCUT2D eigenvalue weighted by Gasteiger charge is -2.47. The molecule has 0 aromatic heterocycles. The van der Waals surface area contributed by atoms with Gasteiger partial charge in [-0.05, 0) is 69.1 Å². The number of ether oxygens (including phenoxy) is 2. The van der Waals surface area contributed by atoms with Gasteiger partial charge >= 0.3 is 5.97 Å². The highest BCUT2D eigenvalue weighted by Crippen LogP contribution is 2.54. The Bertz CT molecular complexity index is 533. The maximum Gasteiger partial charge on any atom is 0.312 e. The van der Waals surface area contributed by atoms with Crippen molar-refractivity contribution in [2.24, 2.45) is 22.2 Å². The minimum Gasteiger partial charge on any atom is -0.458 e. The molecule has 2 heterocycles. The van der Waals surface area contributed by atoms with Crippen LogP contribution in [-0.4, -0.2) is 23.8 Å². The summed E-state index contributed by atoms with van der Waals surface area (Å²) >= 11 is 0.